The fraction of sp³-hybridized carbons (Fsp3) is 0.333. The first-order valence-electron chi connectivity index (χ1n) is 12.3. The first-order chi connectivity index (χ1) is 18.3. The Balaban J connectivity index is 1.37. The largest absolute Gasteiger partial charge is 0.494 e. The molecule has 4 N–H and O–H groups in total. The number of pyridine rings is 1. The van der Waals surface area contributed by atoms with Gasteiger partial charge in [0.2, 0.25) is 0 Å². The number of aromatic amines is 1. The van der Waals surface area contributed by atoms with Gasteiger partial charge < -0.3 is 30.1 Å². The summed E-state index contributed by atoms with van der Waals surface area (Å²) in [7, 11) is 2.57. The lowest BCUT2D eigenvalue weighted by Gasteiger charge is -2.37. The minimum Gasteiger partial charge on any atom is -0.494 e. The molecular formula is C27H30F2N6O3. The quantitative estimate of drug-likeness (QED) is 0.267. The molecule has 38 heavy (non-hydrogen) atoms. The third-order valence-corrected chi connectivity index (χ3v) is 6.68. The van der Waals surface area contributed by atoms with Crippen LogP contribution in [0.25, 0.3) is 22.2 Å². The Hall–Kier alpha value is -3.96. The average molecular weight is 525 g/mol. The highest BCUT2D eigenvalue weighted by Gasteiger charge is 2.24. The molecule has 5 rings (SSSR count). The number of methoxy groups -OCH3 is 2. The number of hydrogen-bond donors (Lipinski definition) is 4. The summed E-state index contributed by atoms with van der Waals surface area (Å²) in [5.41, 5.74) is 1.89. The summed E-state index contributed by atoms with van der Waals surface area (Å²) in [5, 5.41) is 24.9. The second-order valence-electron chi connectivity index (χ2n) is 9.48. The van der Waals surface area contributed by atoms with Crippen molar-refractivity contribution in [2.45, 2.75) is 32.2 Å². The van der Waals surface area contributed by atoms with Gasteiger partial charge in [0.15, 0.2) is 35.2 Å². The highest BCUT2D eigenvalue weighted by Crippen LogP contribution is 2.38. The van der Waals surface area contributed by atoms with Crippen molar-refractivity contribution in [2.75, 3.05) is 37.5 Å². The lowest BCUT2D eigenvalue weighted by molar-refractivity contribution is 0.208. The molecule has 0 spiro atoms. The van der Waals surface area contributed by atoms with Crippen molar-refractivity contribution < 1.29 is 23.4 Å². The van der Waals surface area contributed by atoms with Crippen LogP contribution in [0.5, 0.6) is 11.5 Å². The van der Waals surface area contributed by atoms with E-state index in [2.05, 4.69) is 44.6 Å². The van der Waals surface area contributed by atoms with E-state index in [0.717, 1.165) is 24.8 Å². The van der Waals surface area contributed by atoms with Crippen LogP contribution < -0.4 is 25.0 Å². The van der Waals surface area contributed by atoms with E-state index in [-0.39, 0.29) is 22.8 Å². The molecule has 1 aliphatic heterocycles. The molecule has 0 saturated carbocycles. The van der Waals surface area contributed by atoms with Crippen LogP contribution in [0, 0.1) is 11.6 Å². The predicted molar refractivity (Wildman–Crippen MR) is 142 cm³/mol. The summed E-state index contributed by atoms with van der Waals surface area (Å²) in [4.78, 5) is 6.58. The molecular weight excluding hydrogens is 494 g/mol. The summed E-state index contributed by atoms with van der Waals surface area (Å²) in [6.45, 7) is 6.15. The smallest absolute Gasteiger partial charge is 0.177 e. The number of nitrogens with one attached hydrogen (secondary N) is 3. The molecule has 3 heterocycles. The average Bonchev–Trinajstić information content (AvgIpc) is 3.30. The van der Waals surface area contributed by atoms with E-state index in [4.69, 9.17) is 9.47 Å². The first kappa shape index (κ1) is 25.7. The number of anilines is 2. The molecule has 200 valence electrons. The number of rotatable bonds is 7. The van der Waals surface area contributed by atoms with Gasteiger partial charge in [-0.25, -0.2) is 8.78 Å². The Morgan fingerprint density at radius 1 is 1.03 bits per heavy atom. The summed E-state index contributed by atoms with van der Waals surface area (Å²) in [6, 6.07) is 11.1. The van der Waals surface area contributed by atoms with Gasteiger partial charge in [0.1, 0.15) is 0 Å². The van der Waals surface area contributed by atoms with Crippen molar-refractivity contribution in [3.63, 3.8) is 0 Å². The van der Waals surface area contributed by atoms with Gasteiger partial charge in [-0.2, -0.15) is 5.10 Å². The predicted octanol–water partition coefficient (Wildman–Crippen LogP) is 4.21. The van der Waals surface area contributed by atoms with Crippen molar-refractivity contribution in [3.05, 3.63) is 59.8 Å². The number of aliphatic hydroxyl groups is 1. The van der Waals surface area contributed by atoms with Gasteiger partial charge >= 0.3 is 0 Å². The number of fused-ring (bicyclic) bond motifs is 1. The minimum atomic E-state index is -1.03. The lowest BCUT2D eigenvalue weighted by atomic mass is 10.1. The van der Waals surface area contributed by atoms with Crippen molar-refractivity contribution in [2.24, 2.45) is 0 Å². The number of benzene rings is 2. The second-order valence-corrected chi connectivity index (χ2v) is 9.48. The fourth-order valence-corrected chi connectivity index (χ4v) is 4.89. The first-order valence-corrected chi connectivity index (χ1v) is 12.3. The molecule has 1 unspecified atom stereocenters. The van der Waals surface area contributed by atoms with Crippen LogP contribution in [-0.2, 0) is 0 Å². The number of aliphatic hydroxyl groups excluding tert-OH is 1. The molecule has 0 bridgehead atoms. The van der Waals surface area contributed by atoms with Gasteiger partial charge in [-0.1, -0.05) is 12.1 Å². The zero-order valence-electron chi connectivity index (χ0n) is 21.5. The van der Waals surface area contributed by atoms with E-state index in [1.807, 2.05) is 24.3 Å². The van der Waals surface area contributed by atoms with E-state index in [1.165, 1.54) is 26.5 Å². The van der Waals surface area contributed by atoms with E-state index in [0.29, 0.717) is 34.4 Å². The Labute approximate surface area is 218 Å². The summed E-state index contributed by atoms with van der Waals surface area (Å²) >= 11 is 0. The lowest BCUT2D eigenvalue weighted by Crippen LogP contribution is -2.54. The zero-order chi connectivity index (χ0) is 27.0. The molecule has 11 heteroatoms. The van der Waals surface area contributed by atoms with Crippen LogP contribution >= 0.6 is 0 Å². The number of piperazine rings is 1. The maximum Gasteiger partial charge on any atom is 0.177 e. The monoisotopic (exact) mass is 524 g/mol. The molecule has 1 aliphatic rings. The maximum atomic E-state index is 14.9. The number of hydrogen-bond acceptors (Lipinski definition) is 8. The van der Waals surface area contributed by atoms with Gasteiger partial charge in [0.05, 0.1) is 36.4 Å². The third-order valence-electron chi connectivity index (χ3n) is 6.68. The minimum absolute atomic E-state index is 0.0348. The van der Waals surface area contributed by atoms with Crippen LogP contribution in [0.3, 0.4) is 0 Å². The van der Waals surface area contributed by atoms with E-state index >= 15 is 0 Å². The van der Waals surface area contributed by atoms with Crippen LogP contribution in [-0.4, -0.2) is 59.7 Å². The third kappa shape index (κ3) is 4.82. The van der Waals surface area contributed by atoms with Gasteiger partial charge in [0.25, 0.3) is 0 Å². The molecule has 0 amide bonds. The number of ether oxygens (including phenoxy) is 2. The topological polar surface area (TPSA) is 108 Å². The zero-order valence-corrected chi connectivity index (χ0v) is 21.5. The number of nitrogens with zero attached hydrogens (tertiary/aromatic N) is 3. The van der Waals surface area contributed by atoms with Crippen molar-refractivity contribution in [1.29, 1.82) is 0 Å². The van der Waals surface area contributed by atoms with Crippen molar-refractivity contribution >= 4 is 22.4 Å². The van der Waals surface area contributed by atoms with Crippen LogP contribution in [0.1, 0.15) is 25.6 Å². The van der Waals surface area contributed by atoms with Gasteiger partial charge in [-0.15, -0.1) is 0 Å². The molecule has 1 fully saturated rings. The Morgan fingerprint density at radius 2 is 1.66 bits per heavy atom. The SMILES string of the molecule is COc1cc(OC)c(F)c(-c2cc3[nH]nc(NC(O)c4ccc(N5C[C@@H](C)N[C@@H](C)C5)cc4)c3cn2)c1F. The highest BCUT2D eigenvalue weighted by atomic mass is 19.1. The Bertz CT molecular complexity index is 1410. The van der Waals surface area contributed by atoms with E-state index in [9.17, 15) is 13.9 Å². The number of aromatic nitrogens is 3. The molecule has 3 atom stereocenters. The standard InChI is InChI=1S/C27H30F2N6O3/c1-14-12-35(13-15(2)31-14)17-7-5-16(6-8-17)27(36)32-26-18-11-30-20(9-19(18)33-34-26)23-24(28)21(37-3)10-22(38-4)25(23)29/h5-11,14-15,27,31,36H,12-13H2,1-4H3,(H2,32,33,34)/t14-,15+,27?. The molecule has 2 aromatic carbocycles. The normalized spacial score (nSPS) is 18.4. The maximum absolute atomic E-state index is 14.9. The Kier molecular flexibility index (Phi) is 7.04. The van der Waals surface area contributed by atoms with Crippen LogP contribution in [0.15, 0.2) is 42.6 Å². The molecule has 9 nitrogen and oxygen atoms in total. The summed E-state index contributed by atoms with van der Waals surface area (Å²) in [5.74, 6) is -1.76. The molecule has 4 aromatic rings. The van der Waals surface area contributed by atoms with Crippen LogP contribution in [0.4, 0.5) is 20.3 Å². The van der Waals surface area contributed by atoms with Gasteiger partial charge in [-0.3, -0.25) is 10.1 Å². The molecule has 1 saturated heterocycles. The van der Waals surface area contributed by atoms with E-state index in [1.54, 1.807) is 0 Å². The van der Waals surface area contributed by atoms with Crippen molar-refractivity contribution in [3.8, 4) is 22.8 Å². The molecule has 2 aromatic heterocycles. The van der Waals surface area contributed by atoms with Gasteiger partial charge in [-0.05, 0) is 32.0 Å². The number of halogens is 2. The number of H-pyrrole nitrogens is 1. The van der Waals surface area contributed by atoms with Gasteiger partial charge in [0, 0.05) is 48.7 Å². The summed E-state index contributed by atoms with van der Waals surface area (Å²) in [6.07, 6.45) is 0.401. The van der Waals surface area contributed by atoms with Crippen LogP contribution in [0.2, 0.25) is 0 Å². The fourth-order valence-electron chi connectivity index (χ4n) is 4.89. The second kappa shape index (κ2) is 10.4. The van der Waals surface area contributed by atoms with Crippen molar-refractivity contribution in [1.82, 2.24) is 20.5 Å². The summed E-state index contributed by atoms with van der Waals surface area (Å²) < 4.78 is 39.9. The van der Waals surface area contributed by atoms with E-state index < -0.39 is 17.9 Å². The Morgan fingerprint density at radius 3 is 2.26 bits per heavy atom. The highest BCUT2D eigenvalue weighted by molar-refractivity contribution is 5.91. The molecule has 0 radical (unpaired) electrons. The molecule has 0 aliphatic carbocycles.